The molecular formula is C15H23NO4. The Hall–Kier alpha value is -1.75. The Kier molecular flexibility index (Phi) is 6.87. The summed E-state index contributed by atoms with van der Waals surface area (Å²) in [5.41, 5.74) is 7.02. The third kappa shape index (κ3) is 5.09. The Morgan fingerprint density at radius 3 is 2.55 bits per heavy atom. The molecule has 1 rings (SSSR count). The second kappa shape index (κ2) is 8.43. The van der Waals surface area contributed by atoms with E-state index in [0.717, 1.165) is 12.0 Å². The molecule has 112 valence electrons. The normalized spacial score (nSPS) is 11.8. The third-order valence-corrected chi connectivity index (χ3v) is 2.99. The fraction of sp³-hybridized carbons (Fsp3) is 0.533. The minimum atomic E-state index is -0.243. The van der Waals surface area contributed by atoms with Crippen LogP contribution < -0.4 is 15.2 Å². The van der Waals surface area contributed by atoms with Crippen LogP contribution in [-0.4, -0.2) is 32.8 Å². The number of hydrogen-bond acceptors (Lipinski definition) is 5. The highest BCUT2D eigenvalue weighted by Gasteiger charge is 2.11. The van der Waals surface area contributed by atoms with Crippen LogP contribution in [0.25, 0.3) is 0 Å². The second-order valence-electron chi connectivity index (χ2n) is 4.50. The molecule has 0 aliphatic carbocycles. The fourth-order valence-corrected chi connectivity index (χ4v) is 1.92. The van der Waals surface area contributed by atoms with Gasteiger partial charge in [-0.2, -0.15) is 0 Å². The summed E-state index contributed by atoms with van der Waals surface area (Å²) in [5.74, 6) is 1.16. The lowest BCUT2D eigenvalue weighted by molar-refractivity contribution is -0.143. The number of nitrogens with two attached hydrogens (primary N) is 1. The van der Waals surface area contributed by atoms with Gasteiger partial charge in [0, 0.05) is 6.04 Å². The molecule has 0 radical (unpaired) electrons. The van der Waals surface area contributed by atoms with Crippen LogP contribution >= 0.6 is 0 Å². The maximum atomic E-state index is 11.3. The smallest absolute Gasteiger partial charge is 0.307 e. The van der Waals surface area contributed by atoms with E-state index in [1.54, 1.807) is 21.1 Å². The molecule has 5 heteroatoms. The van der Waals surface area contributed by atoms with Crippen molar-refractivity contribution in [3.63, 3.8) is 0 Å². The summed E-state index contributed by atoms with van der Waals surface area (Å²) in [6.45, 7) is 2.17. The Morgan fingerprint density at radius 2 is 1.95 bits per heavy atom. The van der Waals surface area contributed by atoms with Gasteiger partial charge >= 0.3 is 5.97 Å². The summed E-state index contributed by atoms with van der Waals surface area (Å²) >= 11 is 0. The van der Waals surface area contributed by atoms with Gasteiger partial charge in [-0.15, -0.1) is 0 Å². The molecule has 5 nitrogen and oxygen atoms in total. The van der Waals surface area contributed by atoms with Gasteiger partial charge in [0.1, 0.15) is 0 Å². The average molecular weight is 281 g/mol. The first kappa shape index (κ1) is 16.3. The van der Waals surface area contributed by atoms with E-state index in [1.165, 1.54) is 0 Å². The van der Waals surface area contributed by atoms with Gasteiger partial charge in [0.15, 0.2) is 11.5 Å². The maximum Gasteiger partial charge on any atom is 0.307 e. The Bertz CT molecular complexity index is 434. The van der Waals surface area contributed by atoms with Crippen molar-refractivity contribution in [3.05, 3.63) is 23.8 Å². The standard InChI is InChI=1S/C15H23NO4/c1-4-20-15(17)10-12(16)7-5-11-6-8-13(18-2)14(9-11)19-3/h6,8-9,12H,4-5,7,10,16H2,1-3H3/t12-/m0/s1. The van der Waals surface area contributed by atoms with Crippen molar-refractivity contribution in [3.8, 4) is 11.5 Å². The highest BCUT2D eigenvalue weighted by Crippen LogP contribution is 2.28. The van der Waals surface area contributed by atoms with Crippen LogP contribution in [0.4, 0.5) is 0 Å². The SMILES string of the molecule is CCOC(=O)C[C@@H](N)CCc1ccc(OC)c(OC)c1. The molecule has 0 aliphatic heterocycles. The molecule has 0 aromatic heterocycles. The van der Waals surface area contributed by atoms with Gasteiger partial charge in [-0.1, -0.05) is 6.07 Å². The Labute approximate surface area is 120 Å². The van der Waals surface area contributed by atoms with Crippen LogP contribution in [0.15, 0.2) is 18.2 Å². The first-order chi connectivity index (χ1) is 9.60. The largest absolute Gasteiger partial charge is 0.493 e. The molecular weight excluding hydrogens is 258 g/mol. The van der Waals surface area contributed by atoms with Crippen LogP contribution in [0.2, 0.25) is 0 Å². The quantitative estimate of drug-likeness (QED) is 0.737. The van der Waals surface area contributed by atoms with Crippen molar-refractivity contribution < 1.29 is 19.0 Å². The molecule has 1 aromatic carbocycles. The van der Waals surface area contributed by atoms with Crippen molar-refractivity contribution in [2.75, 3.05) is 20.8 Å². The summed E-state index contributed by atoms with van der Waals surface area (Å²) in [7, 11) is 3.21. The average Bonchev–Trinajstić information content (AvgIpc) is 2.44. The highest BCUT2D eigenvalue weighted by atomic mass is 16.5. The lowest BCUT2D eigenvalue weighted by Gasteiger charge is -2.12. The predicted octanol–water partition coefficient (Wildman–Crippen LogP) is 1.92. The molecule has 1 atom stereocenters. The summed E-state index contributed by atoms with van der Waals surface area (Å²) in [5, 5.41) is 0. The summed E-state index contributed by atoms with van der Waals surface area (Å²) in [6.07, 6.45) is 1.75. The topological polar surface area (TPSA) is 70.8 Å². The van der Waals surface area contributed by atoms with E-state index in [2.05, 4.69) is 0 Å². The number of aryl methyl sites for hydroxylation is 1. The zero-order valence-corrected chi connectivity index (χ0v) is 12.3. The van der Waals surface area contributed by atoms with Gasteiger partial charge in [0.25, 0.3) is 0 Å². The van der Waals surface area contributed by atoms with Crippen molar-refractivity contribution in [1.29, 1.82) is 0 Å². The van der Waals surface area contributed by atoms with Crippen LogP contribution in [0, 0.1) is 0 Å². The van der Waals surface area contributed by atoms with Crippen molar-refractivity contribution in [2.45, 2.75) is 32.2 Å². The number of esters is 1. The van der Waals surface area contributed by atoms with Gasteiger partial charge in [0.05, 0.1) is 27.2 Å². The van der Waals surface area contributed by atoms with Gasteiger partial charge in [0.2, 0.25) is 0 Å². The molecule has 0 spiro atoms. The molecule has 1 aromatic rings. The first-order valence-corrected chi connectivity index (χ1v) is 6.72. The number of rotatable bonds is 8. The van der Waals surface area contributed by atoms with Gasteiger partial charge in [-0.05, 0) is 37.5 Å². The lowest BCUT2D eigenvalue weighted by Crippen LogP contribution is -2.25. The number of ether oxygens (including phenoxy) is 3. The van der Waals surface area contributed by atoms with E-state index >= 15 is 0 Å². The number of carbonyl (C=O) groups is 1. The molecule has 0 heterocycles. The van der Waals surface area contributed by atoms with Crippen molar-refractivity contribution >= 4 is 5.97 Å². The summed E-state index contributed by atoms with van der Waals surface area (Å²) < 4.78 is 15.3. The lowest BCUT2D eigenvalue weighted by atomic mass is 10.0. The molecule has 20 heavy (non-hydrogen) atoms. The monoisotopic (exact) mass is 281 g/mol. The van der Waals surface area contributed by atoms with Crippen LogP contribution in [-0.2, 0) is 16.0 Å². The number of benzene rings is 1. The van der Waals surface area contributed by atoms with Gasteiger partial charge in [-0.3, -0.25) is 4.79 Å². The fourth-order valence-electron chi connectivity index (χ4n) is 1.92. The number of hydrogen-bond donors (Lipinski definition) is 1. The van der Waals surface area contributed by atoms with Gasteiger partial charge in [-0.25, -0.2) is 0 Å². The molecule has 0 saturated heterocycles. The van der Waals surface area contributed by atoms with Crippen LogP contribution in [0.1, 0.15) is 25.3 Å². The second-order valence-corrected chi connectivity index (χ2v) is 4.50. The van der Waals surface area contributed by atoms with E-state index in [4.69, 9.17) is 19.9 Å². The van der Waals surface area contributed by atoms with E-state index < -0.39 is 0 Å². The molecule has 0 aliphatic rings. The molecule has 0 fully saturated rings. The number of carbonyl (C=O) groups excluding carboxylic acids is 1. The first-order valence-electron chi connectivity index (χ1n) is 6.72. The van der Waals surface area contributed by atoms with Crippen molar-refractivity contribution in [2.24, 2.45) is 5.73 Å². The zero-order valence-electron chi connectivity index (χ0n) is 12.3. The minimum absolute atomic E-state index is 0.192. The third-order valence-electron chi connectivity index (χ3n) is 2.99. The Balaban J connectivity index is 2.51. The molecule has 0 saturated carbocycles. The Morgan fingerprint density at radius 1 is 1.25 bits per heavy atom. The molecule has 0 amide bonds. The molecule has 0 bridgehead atoms. The molecule has 2 N–H and O–H groups in total. The van der Waals surface area contributed by atoms with E-state index in [-0.39, 0.29) is 18.4 Å². The predicted molar refractivity (Wildman–Crippen MR) is 77.1 cm³/mol. The summed E-state index contributed by atoms with van der Waals surface area (Å²) in [6, 6.07) is 5.57. The summed E-state index contributed by atoms with van der Waals surface area (Å²) in [4.78, 5) is 11.3. The number of methoxy groups -OCH3 is 2. The van der Waals surface area contributed by atoms with Crippen LogP contribution in [0.3, 0.4) is 0 Å². The van der Waals surface area contributed by atoms with E-state index in [9.17, 15) is 4.79 Å². The van der Waals surface area contributed by atoms with E-state index in [1.807, 2.05) is 18.2 Å². The van der Waals surface area contributed by atoms with Crippen LogP contribution in [0.5, 0.6) is 11.5 Å². The minimum Gasteiger partial charge on any atom is -0.493 e. The zero-order chi connectivity index (χ0) is 15.0. The maximum absolute atomic E-state index is 11.3. The van der Waals surface area contributed by atoms with Crippen molar-refractivity contribution in [1.82, 2.24) is 0 Å². The highest BCUT2D eigenvalue weighted by molar-refractivity contribution is 5.70. The van der Waals surface area contributed by atoms with Gasteiger partial charge < -0.3 is 19.9 Å². The molecule has 0 unspecified atom stereocenters. The van der Waals surface area contributed by atoms with E-state index in [0.29, 0.717) is 24.5 Å².